The highest BCUT2D eigenvalue weighted by atomic mass is 16.3. The summed E-state index contributed by atoms with van der Waals surface area (Å²) in [4.78, 5) is 2.39. The Labute approximate surface area is 314 Å². The molecule has 0 aliphatic heterocycles. The van der Waals surface area contributed by atoms with Gasteiger partial charge in [0.25, 0.3) is 0 Å². The summed E-state index contributed by atoms with van der Waals surface area (Å²) in [5, 5.41) is 4.75. The molecule has 0 N–H and O–H groups in total. The van der Waals surface area contributed by atoms with E-state index in [1.54, 1.807) is 0 Å². The second-order valence-electron chi connectivity index (χ2n) is 15.0. The summed E-state index contributed by atoms with van der Waals surface area (Å²) in [6.07, 6.45) is 0. The maximum absolute atomic E-state index is 6.27. The standard InChI is InChI=1S/C51H36N2O/c1-51(2)45-30-34(33-12-4-3-5-13-33)20-27-39(45)40-28-25-38(32-46(40)51)52(37-26-29-50-44(31-37)43-16-8-11-19-49(43)54-50)35-21-23-36(24-22-35)53-47-17-9-6-14-41(47)42-15-7-10-18-48(42)53/h3-32H,1-2H3. The zero-order valence-corrected chi connectivity index (χ0v) is 30.1. The molecule has 0 radical (unpaired) electrons. The Morgan fingerprint density at radius 3 is 1.72 bits per heavy atom. The second kappa shape index (κ2) is 11.6. The molecule has 11 rings (SSSR count). The van der Waals surface area contributed by atoms with Crippen molar-refractivity contribution in [1.29, 1.82) is 0 Å². The van der Waals surface area contributed by atoms with E-state index in [-0.39, 0.29) is 5.41 Å². The van der Waals surface area contributed by atoms with Gasteiger partial charge in [-0.05, 0) is 112 Å². The molecule has 54 heavy (non-hydrogen) atoms. The molecule has 3 nitrogen and oxygen atoms in total. The van der Waals surface area contributed by atoms with Crippen LogP contribution in [0.1, 0.15) is 25.0 Å². The molecule has 1 aliphatic rings. The van der Waals surface area contributed by atoms with E-state index < -0.39 is 0 Å². The summed E-state index contributed by atoms with van der Waals surface area (Å²) in [5.74, 6) is 0. The quantitative estimate of drug-likeness (QED) is 0.179. The van der Waals surface area contributed by atoms with E-state index in [4.69, 9.17) is 4.42 Å². The van der Waals surface area contributed by atoms with E-state index in [0.717, 1.165) is 44.7 Å². The lowest BCUT2D eigenvalue weighted by Gasteiger charge is -2.28. The molecular formula is C51H36N2O. The normalized spacial score (nSPS) is 13.1. The highest BCUT2D eigenvalue weighted by molar-refractivity contribution is 6.09. The molecule has 0 fully saturated rings. The summed E-state index contributed by atoms with van der Waals surface area (Å²) in [7, 11) is 0. The van der Waals surface area contributed by atoms with Gasteiger partial charge >= 0.3 is 0 Å². The van der Waals surface area contributed by atoms with Crippen molar-refractivity contribution in [3.8, 4) is 27.9 Å². The van der Waals surface area contributed by atoms with Crippen molar-refractivity contribution in [1.82, 2.24) is 4.57 Å². The first-order chi connectivity index (χ1) is 26.5. The smallest absolute Gasteiger partial charge is 0.135 e. The van der Waals surface area contributed by atoms with Crippen LogP contribution in [0.25, 0.3) is 71.7 Å². The van der Waals surface area contributed by atoms with E-state index in [1.165, 1.54) is 55.2 Å². The summed E-state index contributed by atoms with van der Waals surface area (Å²) >= 11 is 0. The summed E-state index contributed by atoms with van der Waals surface area (Å²) in [6.45, 7) is 4.73. The minimum atomic E-state index is -0.178. The van der Waals surface area contributed by atoms with Gasteiger partial charge in [0.05, 0.1) is 11.0 Å². The minimum Gasteiger partial charge on any atom is -0.456 e. The number of hydrogen-bond acceptors (Lipinski definition) is 2. The van der Waals surface area contributed by atoms with Crippen molar-refractivity contribution in [2.45, 2.75) is 19.3 Å². The van der Waals surface area contributed by atoms with Crippen LogP contribution in [0.4, 0.5) is 17.1 Å². The first kappa shape index (κ1) is 30.8. The Bertz CT molecular complexity index is 3020. The third kappa shape index (κ3) is 4.55. The van der Waals surface area contributed by atoms with Gasteiger partial charge in [-0.25, -0.2) is 0 Å². The van der Waals surface area contributed by atoms with Crippen molar-refractivity contribution in [2.75, 3.05) is 4.90 Å². The van der Waals surface area contributed by atoms with Crippen LogP contribution in [0.3, 0.4) is 0 Å². The Balaban J connectivity index is 1.07. The topological polar surface area (TPSA) is 21.3 Å². The van der Waals surface area contributed by atoms with Gasteiger partial charge in [0, 0.05) is 49.7 Å². The number of benzene rings is 8. The molecule has 3 heteroatoms. The van der Waals surface area contributed by atoms with Gasteiger partial charge in [-0.15, -0.1) is 0 Å². The van der Waals surface area contributed by atoms with Crippen LogP contribution in [-0.4, -0.2) is 4.57 Å². The molecule has 0 spiro atoms. The summed E-state index contributed by atoms with van der Waals surface area (Å²) in [5.41, 5.74) is 16.3. The van der Waals surface area contributed by atoms with Crippen LogP contribution in [0.2, 0.25) is 0 Å². The summed E-state index contributed by atoms with van der Waals surface area (Å²) in [6, 6.07) is 66.0. The molecule has 0 saturated carbocycles. The molecule has 0 atom stereocenters. The van der Waals surface area contributed by atoms with Gasteiger partial charge in [-0.2, -0.15) is 0 Å². The van der Waals surface area contributed by atoms with Crippen LogP contribution in [0.15, 0.2) is 186 Å². The average molecular weight is 693 g/mol. The number of rotatable bonds is 5. The average Bonchev–Trinajstić information content (AvgIpc) is 3.84. The van der Waals surface area contributed by atoms with Gasteiger partial charge < -0.3 is 13.9 Å². The molecule has 0 amide bonds. The molecular weight excluding hydrogens is 657 g/mol. The third-order valence-corrected chi connectivity index (χ3v) is 11.6. The number of nitrogens with zero attached hydrogens (tertiary/aromatic N) is 2. The fourth-order valence-corrected chi connectivity index (χ4v) is 8.93. The Morgan fingerprint density at radius 1 is 0.426 bits per heavy atom. The van der Waals surface area contributed by atoms with E-state index in [9.17, 15) is 0 Å². The number of hydrogen-bond donors (Lipinski definition) is 0. The number of para-hydroxylation sites is 3. The van der Waals surface area contributed by atoms with Crippen molar-refractivity contribution < 1.29 is 4.42 Å². The largest absolute Gasteiger partial charge is 0.456 e. The van der Waals surface area contributed by atoms with Crippen LogP contribution >= 0.6 is 0 Å². The predicted molar refractivity (Wildman–Crippen MR) is 226 cm³/mol. The highest BCUT2D eigenvalue weighted by Gasteiger charge is 2.36. The molecule has 2 heterocycles. The fourth-order valence-electron chi connectivity index (χ4n) is 8.93. The number of furan rings is 1. The predicted octanol–water partition coefficient (Wildman–Crippen LogP) is 14.1. The Hall–Kier alpha value is -6.84. The molecule has 0 saturated heterocycles. The van der Waals surface area contributed by atoms with Gasteiger partial charge in [-0.1, -0.05) is 117 Å². The molecule has 2 aromatic heterocycles. The zero-order chi connectivity index (χ0) is 36.0. The van der Waals surface area contributed by atoms with Crippen LogP contribution in [-0.2, 0) is 5.41 Å². The number of anilines is 3. The van der Waals surface area contributed by atoms with E-state index in [2.05, 4.69) is 193 Å². The van der Waals surface area contributed by atoms with Gasteiger partial charge in [0.1, 0.15) is 11.2 Å². The molecule has 0 unspecified atom stereocenters. The zero-order valence-electron chi connectivity index (χ0n) is 30.1. The monoisotopic (exact) mass is 692 g/mol. The SMILES string of the molecule is CC1(C)c2cc(-c3ccccc3)ccc2-c2ccc(N(c3ccc(-n4c5ccccc5c5ccccc54)cc3)c3ccc4oc5ccccc5c4c3)cc21. The molecule has 1 aliphatic carbocycles. The van der Waals surface area contributed by atoms with Crippen LogP contribution in [0, 0.1) is 0 Å². The van der Waals surface area contributed by atoms with Crippen molar-refractivity contribution in [2.24, 2.45) is 0 Å². The lowest BCUT2D eigenvalue weighted by molar-refractivity contribution is 0.660. The second-order valence-corrected chi connectivity index (χ2v) is 15.0. The van der Waals surface area contributed by atoms with Gasteiger partial charge in [-0.3, -0.25) is 0 Å². The van der Waals surface area contributed by atoms with Crippen molar-refractivity contribution in [3.63, 3.8) is 0 Å². The Morgan fingerprint density at radius 2 is 0.981 bits per heavy atom. The van der Waals surface area contributed by atoms with Crippen molar-refractivity contribution >= 4 is 60.8 Å². The highest BCUT2D eigenvalue weighted by Crippen LogP contribution is 2.52. The first-order valence-electron chi connectivity index (χ1n) is 18.7. The van der Waals surface area contributed by atoms with E-state index >= 15 is 0 Å². The lowest BCUT2D eigenvalue weighted by Crippen LogP contribution is -2.16. The number of fused-ring (bicyclic) bond motifs is 9. The Kier molecular flexibility index (Phi) is 6.60. The third-order valence-electron chi connectivity index (χ3n) is 11.6. The van der Waals surface area contributed by atoms with Gasteiger partial charge in [0.2, 0.25) is 0 Å². The molecule has 0 bridgehead atoms. The lowest BCUT2D eigenvalue weighted by atomic mass is 9.81. The molecule has 8 aromatic carbocycles. The summed E-state index contributed by atoms with van der Waals surface area (Å²) < 4.78 is 8.65. The maximum atomic E-state index is 6.27. The first-order valence-corrected chi connectivity index (χ1v) is 18.7. The molecule has 256 valence electrons. The maximum Gasteiger partial charge on any atom is 0.135 e. The van der Waals surface area contributed by atoms with Gasteiger partial charge in [0.15, 0.2) is 0 Å². The van der Waals surface area contributed by atoms with Crippen LogP contribution in [0.5, 0.6) is 0 Å². The van der Waals surface area contributed by atoms with Crippen LogP contribution < -0.4 is 4.90 Å². The van der Waals surface area contributed by atoms with E-state index in [1.807, 2.05) is 12.1 Å². The van der Waals surface area contributed by atoms with Crippen molar-refractivity contribution in [3.05, 3.63) is 193 Å². The minimum absolute atomic E-state index is 0.178. The van der Waals surface area contributed by atoms with E-state index in [0.29, 0.717) is 0 Å². The fraction of sp³-hybridized carbons (Fsp3) is 0.0588. The molecule has 10 aromatic rings. The number of aromatic nitrogens is 1.